The van der Waals surface area contributed by atoms with Gasteiger partial charge < -0.3 is 10.2 Å². The van der Waals surface area contributed by atoms with E-state index in [9.17, 15) is 9.59 Å². The lowest BCUT2D eigenvalue weighted by molar-refractivity contribution is -0.133. The molecule has 1 fully saturated rings. The molecule has 1 atom stereocenters. The van der Waals surface area contributed by atoms with E-state index in [0.29, 0.717) is 18.9 Å². The van der Waals surface area contributed by atoms with E-state index in [4.69, 9.17) is 0 Å². The summed E-state index contributed by atoms with van der Waals surface area (Å²) in [5, 5.41) is 7.00. The fourth-order valence-electron chi connectivity index (χ4n) is 3.29. The molecule has 1 aliphatic heterocycles. The van der Waals surface area contributed by atoms with Crippen molar-refractivity contribution in [1.82, 2.24) is 30.0 Å². The zero-order chi connectivity index (χ0) is 18.7. The summed E-state index contributed by atoms with van der Waals surface area (Å²) >= 11 is 0. The fourth-order valence-corrected chi connectivity index (χ4v) is 3.29. The van der Waals surface area contributed by atoms with Crippen molar-refractivity contribution >= 4 is 11.8 Å². The summed E-state index contributed by atoms with van der Waals surface area (Å²) in [5.74, 6) is 0.579. The van der Waals surface area contributed by atoms with Crippen molar-refractivity contribution in [2.24, 2.45) is 0 Å². The Labute approximate surface area is 152 Å². The van der Waals surface area contributed by atoms with E-state index in [1.807, 2.05) is 24.9 Å². The van der Waals surface area contributed by atoms with Crippen molar-refractivity contribution in [3.05, 3.63) is 41.2 Å². The van der Waals surface area contributed by atoms with Crippen LogP contribution in [0.5, 0.6) is 0 Å². The lowest BCUT2D eigenvalue weighted by Gasteiger charge is -2.26. The molecular formula is C18H24N6O2. The molecule has 1 saturated heterocycles. The van der Waals surface area contributed by atoms with Crippen LogP contribution >= 0.6 is 0 Å². The van der Waals surface area contributed by atoms with Gasteiger partial charge in [-0.25, -0.2) is 9.97 Å². The van der Waals surface area contributed by atoms with Crippen LogP contribution in [-0.4, -0.2) is 43.0 Å². The first-order chi connectivity index (χ1) is 12.4. The Morgan fingerprint density at radius 1 is 1.31 bits per heavy atom. The van der Waals surface area contributed by atoms with Gasteiger partial charge in [-0.3, -0.25) is 14.3 Å². The van der Waals surface area contributed by atoms with Gasteiger partial charge in [0.25, 0.3) is 0 Å². The van der Waals surface area contributed by atoms with Gasteiger partial charge in [0.15, 0.2) is 0 Å². The number of carbonyl (C=O) groups excluding carboxylic acids is 2. The summed E-state index contributed by atoms with van der Waals surface area (Å²) < 4.78 is 1.66. The number of nitrogens with zero attached hydrogens (tertiary/aromatic N) is 5. The lowest BCUT2D eigenvalue weighted by Crippen LogP contribution is -2.35. The van der Waals surface area contributed by atoms with Gasteiger partial charge in [-0.05, 0) is 32.3 Å². The second-order valence-corrected chi connectivity index (χ2v) is 6.70. The van der Waals surface area contributed by atoms with Gasteiger partial charge in [0.2, 0.25) is 11.8 Å². The smallest absolute Gasteiger partial charge is 0.244 e. The van der Waals surface area contributed by atoms with Crippen molar-refractivity contribution in [2.45, 2.75) is 52.7 Å². The second-order valence-electron chi connectivity index (χ2n) is 6.70. The summed E-state index contributed by atoms with van der Waals surface area (Å²) in [6.07, 6.45) is 7.13. The minimum Gasteiger partial charge on any atom is -0.352 e. The van der Waals surface area contributed by atoms with Crippen molar-refractivity contribution in [1.29, 1.82) is 0 Å². The van der Waals surface area contributed by atoms with E-state index < -0.39 is 0 Å². The second kappa shape index (κ2) is 7.63. The molecular weight excluding hydrogens is 332 g/mol. The van der Waals surface area contributed by atoms with Gasteiger partial charge in [-0.1, -0.05) is 0 Å². The third-order valence-electron chi connectivity index (χ3n) is 4.49. The molecule has 1 N–H and O–H groups in total. The largest absolute Gasteiger partial charge is 0.352 e. The van der Waals surface area contributed by atoms with Crippen LogP contribution < -0.4 is 5.32 Å². The molecule has 1 aliphatic rings. The van der Waals surface area contributed by atoms with Gasteiger partial charge in [-0.15, -0.1) is 0 Å². The van der Waals surface area contributed by atoms with Crippen LogP contribution in [0.25, 0.3) is 0 Å². The predicted octanol–water partition coefficient (Wildman–Crippen LogP) is 1.29. The van der Waals surface area contributed by atoms with Gasteiger partial charge in [0.1, 0.15) is 12.4 Å². The van der Waals surface area contributed by atoms with Gasteiger partial charge in [0.05, 0.1) is 17.9 Å². The maximum absolute atomic E-state index is 12.8. The molecule has 0 saturated carbocycles. The molecule has 3 rings (SSSR count). The van der Waals surface area contributed by atoms with Crippen LogP contribution in [0, 0.1) is 13.8 Å². The molecule has 8 heteroatoms. The summed E-state index contributed by atoms with van der Waals surface area (Å²) in [7, 11) is 0. The highest BCUT2D eigenvalue weighted by Crippen LogP contribution is 2.32. The minimum atomic E-state index is -0.107. The summed E-state index contributed by atoms with van der Waals surface area (Å²) in [6.45, 7) is 6.54. The number of aryl methyl sites for hydroxylation is 2. The highest BCUT2D eigenvalue weighted by atomic mass is 16.2. The molecule has 0 spiro atoms. The van der Waals surface area contributed by atoms with Gasteiger partial charge >= 0.3 is 0 Å². The summed E-state index contributed by atoms with van der Waals surface area (Å²) in [4.78, 5) is 34.8. The van der Waals surface area contributed by atoms with Crippen LogP contribution in [0.1, 0.15) is 48.5 Å². The molecule has 0 aliphatic carbocycles. The third-order valence-corrected chi connectivity index (χ3v) is 4.49. The normalized spacial score (nSPS) is 16.7. The van der Waals surface area contributed by atoms with Crippen molar-refractivity contribution < 1.29 is 9.59 Å². The Bertz CT molecular complexity index is 816. The third kappa shape index (κ3) is 4.07. The number of hydrogen-bond acceptors (Lipinski definition) is 5. The molecule has 0 unspecified atom stereocenters. The summed E-state index contributed by atoms with van der Waals surface area (Å²) in [5.41, 5.74) is 2.71. The maximum atomic E-state index is 12.8. The van der Waals surface area contributed by atoms with E-state index in [1.165, 1.54) is 6.92 Å². The Balaban J connectivity index is 1.81. The van der Waals surface area contributed by atoms with Crippen molar-refractivity contribution in [3.8, 4) is 0 Å². The first-order valence-electron chi connectivity index (χ1n) is 8.79. The summed E-state index contributed by atoms with van der Waals surface area (Å²) in [6, 6.07) is -0.0929. The monoisotopic (exact) mass is 356 g/mol. The van der Waals surface area contributed by atoms with E-state index in [2.05, 4.69) is 20.4 Å². The van der Waals surface area contributed by atoms with Crippen molar-refractivity contribution in [2.75, 3.05) is 6.54 Å². The Hall–Kier alpha value is -2.77. The van der Waals surface area contributed by atoms with Crippen LogP contribution in [0.2, 0.25) is 0 Å². The number of carbonyl (C=O) groups is 2. The fraction of sp³-hybridized carbons (Fsp3) is 0.500. The van der Waals surface area contributed by atoms with Crippen LogP contribution in [0.15, 0.2) is 18.6 Å². The average Bonchev–Trinajstić information content (AvgIpc) is 3.22. The minimum absolute atomic E-state index is 0.0253. The number of hydrogen-bond donors (Lipinski definition) is 1. The van der Waals surface area contributed by atoms with Crippen LogP contribution in [0.4, 0.5) is 0 Å². The van der Waals surface area contributed by atoms with E-state index >= 15 is 0 Å². The number of likely N-dealkylation sites (tertiary alicyclic amines) is 1. The standard InChI is InChI=1S/C18H24N6O2/c1-12-7-21-23(10-12)11-17(26)24-6-4-5-16(24)18-15(9-20-14(3)25)8-19-13(2)22-18/h7-8,10,16H,4-6,9,11H2,1-3H3,(H,20,25)/t16-/m1/s1. The molecule has 2 amide bonds. The molecule has 3 heterocycles. The Morgan fingerprint density at radius 3 is 2.81 bits per heavy atom. The number of nitrogens with one attached hydrogen (secondary N) is 1. The molecule has 8 nitrogen and oxygen atoms in total. The first kappa shape index (κ1) is 18.0. The maximum Gasteiger partial charge on any atom is 0.244 e. The average molecular weight is 356 g/mol. The number of amides is 2. The molecule has 2 aromatic rings. The zero-order valence-corrected chi connectivity index (χ0v) is 15.4. The highest BCUT2D eigenvalue weighted by Gasteiger charge is 2.32. The van der Waals surface area contributed by atoms with E-state index in [0.717, 1.165) is 29.7 Å². The van der Waals surface area contributed by atoms with E-state index in [-0.39, 0.29) is 24.4 Å². The Morgan fingerprint density at radius 2 is 2.12 bits per heavy atom. The first-order valence-corrected chi connectivity index (χ1v) is 8.79. The zero-order valence-electron chi connectivity index (χ0n) is 15.4. The highest BCUT2D eigenvalue weighted by molar-refractivity contribution is 5.77. The van der Waals surface area contributed by atoms with Crippen molar-refractivity contribution in [3.63, 3.8) is 0 Å². The predicted molar refractivity (Wildman–Crippen MR) is 94.9 cm³/mol. The topological polar surface area (TPSA) is 93.0 Å². The quantitative estimate of drug-likeness (QED) is 0.871. The van der Waals surface area contributed by atoms with Gasteiger partial charge in [0, 0.05) is 38.0 Å². The van der Waals surface area contributed by atoms with E-state index in [1.54, 1.807) is 17.1 Å². The lowest BCUT2D eigenvalue weighted by atomic mass is 10.1. The number of aromatic nitrogens is 4. The van der Waals surface area contributed by atoms with Crippen LogP contribution in [0.3, 0.4) is 0 Å². The molecule has 2 aromatic heterocycles. The molecule has 0 radical (unpaired) electrons. The molecule has 26 heavy (non-hydrogen) atoms. The SMILES string of the molecule is CC(=O)NCc1cnc(C)nc1[C@H]1CCCN1C(=O)Cn1cc(C)cn1. The molecule has 0 bridgehead atoms. The van der Waals surface area contributed by atoms with Gasteiger partial charge in [-0.2, -0.15) is 5.10 Å². The van der Waals surface area contributed by atoms with Crippen LogP contribution in [-0.2, 0) is 22.7 Å². The number of rotatable bonds is 5. The molecule has 0 aromatic carbocycles. The Kier molecular flexibility index (Phi) is 5.29. The molecule has 138 valence electrons.